The van der Waals surface area contributed by atoms with Gasteiger partial charge in [-0.05, 0) is 30.9 Å². The first-order valence-electron chi connectivity index (χ1n) is 4.42. The van der Waals surface area contributed by atoms with Gasteiger partial charge in [-0.3, -0.25) is 0 Å². The number of nitrogens with one attached hydrogen (secondary N) is 1. The van der Waals surface area contributed by atoms with Crippen LogP contribution in [0.1, 0.15) is 18.9 Å². The van der Waals surface area contributed by atoms with Crippen molar-refractivity contribution in [2.45, 2.75) is 26.3 Å². The van der Waals surface area contributed by atoms with Crippen molar-refractivity contribution in [2.75, 3.05) is 5.32 Å². The first-order valence-corrected chi connectivity index (χ1v) is 4.80. The highest BCUT2D eigenvalue weighted by Crippen LogP contribution is 2.32. The van der Waals surface area contributed by atoms with Gasteiger partial charge in [0.2, 0.25) is 5.28 Å². The Hall–Kier alpha value is -0.830. The van der Waals surface area contributed by atoms with Gasteiger partial charge in [-0.1, -0.05) is 6.92 Å². The van der Waals surface area contributed by atoms with E-state index >= 15 is 0 Å². The molecule has 1 saturated carbocycles. The molecule has 0 radical (unpaired) electrons. The summed E-state index contributed by atoms with van der Waals surface area (Å²) < 4.78 is 0. The van der Waals surface area contributed by atoms with E-state index < -0.39 is 0 Å². The molecule has 1 aliphatic rings. The molecular weight excluding hydrogens is 186 g/mol. The predicted molar refractivity (Wildman–Crippen MR) is 53.0 cm³/mol. The number of aromatic nitrogens is 2. The summed E-state index contributed by atoms with van der Waals surface area (Å²) in [6.45, 7) is 4.20. The zero-order chi connectivity index (χ0) is 9.42. The lowest BCUT2D eigenvalue weighted by Crippen LogP contribution is -2.07. The van der Waals surface area contributed by atoms with Crippen LogP contribution in [0.4, 0.5) is 5.82 Å². The topological polar surface area (TPSA) is 37.8 Å². The molecule has 1 aromatic heterocycles. The number of halogens is 1. The summed E-state index contributed by atoms with van der Waals surface area (Å²) in [6.07, 6.45) is 2.96. The molecule has 1 aliphatic carbocycles. The van der Waals surface area contributed by atoms with Crippen molar-refractivity contribution in [3.8, 4) is 0 Å². The summed E-state index contributed by atoms with van der Waals surface area (Å²) in [5.74, 6) is 1.63. The molecule has 1 aromatic rings. The van der Waals surface area contributed by atoms with Gasteiger partial charge in [-0.15, -0.1) is 0 Å². The molecule has 0 saturated heterocycles. The lowest BCUT2D eigenvalue weighted by Gasteiger charge is -2.06. The molecule has 2 atom stereocenters. The maximum absolute atomic E-state index is 5.69. The van der Waals surface area contributed by atoms with Crippen molar-refractivity contribution in [1.29, 1.82) is 0 Å². The van der Waals surface area contributed by atoms with Crippen LogP contribution in [0.15, 0.2) is 6.20 Å². The third kappa shape index (κ3) is 1.91. The molecule has 3 nitrogen and oxygen atoms in total. The highest BCUT2D eigenvalue weighted by molar-refractivity contribution is 6.28. The van der Waals surface area contributed by atoms with Gasteiger partial charge in [0.25, 0.3) is 0 Å². The standard InChI is InChI=1S/C9H12ClN3/c1-5-3-7(5)12-8-6(2)4-11-9(10)13-8/h4-5,7H,3H2,1-2H3,(H,11,12,13). The van der Waals surface area contributed by atoms with Gasteiger partial charge in [-0.2, -0.15) is 0 Å². The quantitative estimate of drug-likeness (QED) is 0.740. The van der Waals surface area contributed by atoms with Gasteiger partial charge in [-0.25, -0.2) is 9.97 Å². The van der Waals surface area contributed by atoms with Gasteiger partial charge in [0, 0.05) is 17.8 Å². The summed E-state index contributed by atoms with van der Waals surface area (Å²) in [5.41, 5.74) is 1.04. The van der Waals surface area contributed by atoms with Crippen LogP contribution < -0.4 is 5.32 Å². The first kappa shape index (κ1) is 8.75. The third-order valence-electron chi connectivity index (χ3n) is 2.37. The maximum atomic E-state index is 5.69. The number of hydrogen-bond donors (Lipinski definition) is 1. The van der Waals surface area contributed by atoms with Crippen LogP contribution in [-0.4, -0.2) is 16.0 Å². The maximum Gasteiger partial charge on any atom is 0.224 e. The first-order chi connectivity index (χ1) is 6.16. The van der Waals surface area contributed by atoms with Crippen molar-refractivity contribution in [1.82, 2.24) is 9.97 Å². The van der Waals surface area contributed by atoms with Crippen LogP contribution in [0.2, 0.25) is 5.28 Å². The molecule has 1 heterocycles. The summed E-state index contributed by atoms with van der Waals surface area (Å²) in [7, 11) is 0. The minimum Gasteiger partial charge on any atom is -0.367 e. The van der Waals surface area contributed by atoms with Gasteiger partial charge >= 0.3 is 0 Å². The molecule has 0 aromatic carbocycles. The Morgan fingerprint density at radius 3 is 2.92 bits per heavy atom. The van der Waals surface area contributed by atoms with Crippen molar-refractivity contribution in [2.24, 2.45) is 5.92 Å². The second-order valence-electron chi connectivity index (χ2n) is 3.63. The predicted octanol–water partition coefficient (Wildman–Crippen LogP) is 2.26. The second kappa shape index (κ2) is 3.14. The van der Waals surface area contributed by atoms with Crippen molar-refractivity contribution < 1.29 is 0 Å². The summed E-state index contributed by atoms with van der Waals surface area (Å²) in [4.78, 5) is 8.03. The summed E-state index contributed by atoms with van der Waals surface area (Å²) >= 11 is 5.69. The average Bonchev–Trinajstić information content (AvgIpc) is 2.75. The molecule has 1 fully saturated rings. The van der Waals surface area contributed by atoms with E-state index in [0.717, 1.165) is 17.3 Å². The minimum atomic E-state index is 0.307. The number of hydrogen-bond acceptors (Lipinski definition) is 3. The molecule has 2 unspecified atom stereocenters. The summed E-state index contributed by atoms with van der Waals surface area (Å²) in [6, 6.07) is 0.574. The SMILES string of the molecule is Cc1cnc(Cl)nc1NC1CC1C. The molecular formula is C9H12ClN3. The van der Waals surface area contributed by atoms with E-state index in [1.54, 1.807) is 6.20 Å². The highest BCUT2D eigenvalue weighted by atomic mass is 35.5. The van der Waals surface area contributed by atoms with Crippen LogP contribution in [0.5, 0.6) is 0 Å². The lowest BCUT2D eigenvalue weighted by atomic mass is 10.3. The Labute approximate surface area is 82.5 Å². The molecule has 13 heavy (non-hydrogen) atoms. The monoisotopic (exact) mass is 197 g/mol. The number of rotatable bonds is 2. The molecule has 1 N–H and O–H groups in total. The van der Waals surface area contributed by atoms with Gasteiger partial charge < -0.3 is 5.32 Å². The van der Waals surface area contributed by atoms with E-state index in [4.69, 9.17) is 11.6 Å². The highest BCUT2D eigenvalue weighted by Gasteiger charge is 2.32. The fraction of sp³-hybridized carbons (Fsp3) is 0.556. The Bertz CT molecular complexity index is 327. The van der Waals surface area contributed by atoms with Crippen LogP contribution in [-0.2, 0) is 0 Å². The molecule has 2 rings (SSSR count). The van der Waals surface area contributed by atoms with Crippen LogP contribution in [0, 0.1) is 12.8 Å². The Morgan fingerprint density at radius 2 is 2.31 bits per heavy atom. The third-order valence-corrected chi connectivity index (χ3v) is 2.56. The Morgan fingerprint density at radius 1 is 1.62 bits per heavy atom. The fourth-order valence-electron chi connectivity index (χ4n) is 1.27. The van der Waals surface area contributed by atoms with Crippen molar-refractivity contribution in [3.63, 3.8) is 0 Å². The Balaban J connectivity index is 2.14. The van der Waals surface area contributed by atoms with Crippen LogP contribution >= 0.6 is 11.6 Å². The molecule has 0 spiro atoms. The fourth-order valence-corrected chi connectivity index (χ4v) is 1.40. The zero-order valence-corrected chi connectivity index (χ0v) is 8.47. The molecule has 0 amide bonds. The van der Waals surface area contributed by atoms with Crippen LogP contribution in [0.3, 0.4) is 0 Å². The van der Waals surface area contributed by atoms with Crippen molar-refractivity contribution in [3.05, 3.63) is 17.0 Å². The number of anilines is 1. The van der Waals surface area contributed by atoms with Gasteiger partial charge in [0.05, 0.1) is 0 Å². The van der Waals surface area contributed by atoms with Crippen molar-refractivity contribution >= 4 is 17.4 Å². The second-order valence-corrected chi connectivity index (χ2v) is 3.97. The molecule has 70 valence electrons. The van der Waals surface area contributed by atoms with E-state index in [9.17, 15) is 0 Å². The van der Waals surface area contributed by atoms with E-state index in [2.05, 4.69) is 22.2 Å². The largest absolute Gasteiger partial charge is 0.367 e. The van der Waals surface area contributed by atoms with E-state index in [1.165, 1.54) is 6.42 Å². The zero-order valence-electron chi connectivity index (χ0n) is 7.71. The summed E-state index contributed by atoms with van der Waals surface area (Å²) in [5, 5.41) is 3.65. The Kier molecular flexibility index (Phi) is 2.12. The molecule has 4 heteroatoms. The molecule has 0 aliphatic heterocycles. The lowest BCUT2D eigenvalue weighted by molar-refractivity contribution is 0.919. The average molecular weight is 198 g/mol. The van der Waals surface area contributed by atoms with Gasteiger partial charge in [0.15, 0.2) is 0 Å². The van der Waals surface area contributed by atoms with E-state index in [1.807, 2.05) is 6.92 Å². The smallest absolute Gasteiger partial charge is 0.224 e. The van der Waals surface area contributed by atoms with E-state index in [-0.39, 0.29) is 0 Å². The van der Waals surface area contributed by atoms with Crippen LogP contribution in [0.25, 0.3) is 0 Å². The van der Waals surface area contributed by atoms with Gasteiger partial charge in [0.1, 0.15) is 5.82 Å². The normalized spacial score (nSPS) is 25.8. The van der Waals surface area contributed by atoms with E-state index in [0.29, 0.717) is 11.3 Å². The minimum absolute atomic E-state index is 0.307. The molecule has 0 bridgehead atoms. The number of nitrogens with zero attached hydrogens (tertiary/aromatic N) is 2. The number of aryl methyl sites for hydroxylation is 1.